The van der Waals surface area contributed by atoms with Crippen molar-refractivity contribution in [2.45, 2.75) is 63.8 Å². The van der Waals surface area contributed by atoms with Gasteiger partial charge in [0.15, 0.2) is 0 Å². The van der Waals surface area contributed by atoms with Gasteiger partial charge in [0, 0.05) is 69.6 Å². The quantitative estimate of drug-likeness (QED) is 0.167. The summed E-state index contributed by atoms with van der Waals surface area (Å²) in [6, 6.07) is -1.19. The second kappa shape index (κ2) is 14.6. The van der Waals surface area contributed by atoms with Crippen LogP contribution < -0.4 is 10.6 Å². The highest BCUT2D eigenvalue weighted by atomic mass is 16.7. The lowest BCUT2D eigenvalue weighted by molar-refractivity contribution is -0.199. The van der Waals surface area contributed by atoms with E-state index in [1.54, 1.807) is 0 Å². The van der Waals surface area contributed by atoms with Crippen LogP contribution in [0, 0.1) is 0 Å². The summed E-state index contributed by atoms with van der Waals surface area (Å²) in [7, 11) is 0. The van der Waals surface area contributed by atoms with Crippen LogP contribution in [-0.4, -0.2) is 93.8 Å². The summed E-state index contributed by atoms with van der Waals surface area (Å²) in [6.45, 7) is 0.406. The van der Waals surface area contributed by atoms with E-state index in [0.29, 0.717) is 24.3 Å². The maximum Gasteiger partial charge on any atom is 0.355 e. The fraction of sp³-hybridized carbons (Fsp3) is 0.500. The second-order valence-electron chi connectivity index (χ2n) is 9.49. The molecule has 0 spiro atoms. The van der Waals surface area contributed by atoms with Crippen molar-refractivity contribution in [3.63, 3.8) is 0 Å². The molecule has 3 heterocycles. The van der Waals surface area contributed by atoms with Gasteiger partial charge >= 0.3 is 5.97 Å². The first-order valence-corrected chi connectivity index (χ1v) is 13.3. The van der Waals surface area contributed by atoms with Crippen LogP contribution in [0.15, 0.2) is 24.3 Å². The first kappa shape index (κ1) is 30.8. The van der Waals surface area contributed by atoms with E-state index in [1.165, 1.54) is 12.2 Å². The van der Waals surface area contributed by atoms with Crippen molar-refractivity contribution in [1.82, 2.24) is 25.5 Å². The van der Waals surface area contributed by atoms with Crippen molar-refractivity contribution in [2.24, 2.45) is 0 Å². The fourth-order valence-electron chi connectivity index (χ4n) is 4.22. The summed E-state index contributed by atoms with van der Waals surface area (Å²) < 4.78 is 0. The highest BCUT2D eigenvalue weighted by Gasteiger charge is 2.35. The predicted molar refractivity (Wildman–Crippen MR) is 136 cm³/mol. The average Bonchev–Trinajstić information content (AvgIpc) is 3.55. The summed E-state index contributed by atoms with van der Waals surface area (Å²) in [5.41, 5.74) is 0. The smallest absolute Gasteiger partial charge is 0.355 e. The zero-order chi connectivity index (χ0) is 29.9. The third-order valence-electron chi connectivity index (χ3n) is 6.42. The zero-order valence-corrected chi connectivity index (χ0v) is 22.3. The van der Waals surface area contributed by atoms with Gasteiger partial charge in [-0.2, -0.15) is 0 Å². The molecule has 1 saturated heterocycles. The molecule has 0 bridgehead atoms. The summed E-state index contributed by atoms with van der Waals surface area (Å²) in [6.07, 6.45) is 5.73. The van der Waals surface area contributed by atoms with Gasteiger partial charge in [-0.25, -0.2) is 4.79 Å². The maximum absolute atomic E-state index is 12.7. The van der Waals surface area contributed by atoms with Gasteiger partial charge in [0.1, 0.15) is 6.04 Å². The van der Waals surface area contributed by atoms with E-state index in [4.69, 9.17) is 4.84 Å². The van der Waals surface area contributed by atoms with E-state index in [1.807, 2.05) is 0 Å². The summed E-state index contributed by atoms with van der Waals surface area (Å²) in [5, 5.41) is 5.60. The van der Waals surface area contributed by atoms with Gasteiger partial charge < -0.3 is 15.5 Å². The monoisotopic (exact) mass is 573 g/mol. The molecule has 0 saturated carbocycles. The Labute approximate surface area is 234 Å². The average molecular weight is 574 g/mol. The number of rotatable bonds is 16. The Hall–Kier alpha value is -4.69. The Morgan fingerprint density at radius 2 is 1.20 bits per heavy atom. The van der Waals surface area contributed by atoms with Crippen LogP contribution in [0.5, 0.6) is 0 Å². The SMILES string of the molecule is O=C(CCCN1C(=O)C=CC1=O)NCCCC[C@H](NC(=O)CCCN1C(=O)C=CC1=O)C(=O)ON1C(=O)CCC1=O. The molecule has 3 aliphatic heterocycles. The fourth-order valence-corrected chi connectivity index (χ4v) is 4.22. The largest absolute Gasteiger partial charge is 0.356 e. The van der Waals surface area contributed by atoms with E-state index >= 15 is 0 Å². The van der Waals surface area contributed by atoms with Crippen molar-refractivity contribution in [3.05, 3.63) is 24.3 Å². The van der Waals surface area contributed by atoms with Gasteiger partial charge in [-0.1, -0.05) is 0 Å². The van der Waals surface area contributed by atoms with Crippen LogP contribution >= 0.6 is 0 Å². The number of hydrogen-bond donors (Lipinski definition) is 2. The van der Waals surface area contributed by atoms with Gasteiger partial charge in [-0.05, 0) is 32.1 Å². The van der Waals surface area contributed by atoms with E-state index in [9.17, 15) is 43.2 Å². The Morgan fingerprint density at radius 3 is 1.71 bits per heavy atom. The summed E-state index contributed by atoms with van der Waals surface area (Å²) in [5.74, 6) is -4.95. The number of carbonyl (C=O) groups is 9. The van der Waals surface area contributed by atoms with Gasteiger partial charge in [0.2, 0.25) is 11.8 Å². The lowest BCUT2D eigenvalue weighted by Crippen LogP contribution is -2.45. The summed E-state index contributed by atoms with van der Waals surface area (Å²) in [4.78, 5) is 114. The Kier molecular flexibility index (Phi) is 11.0. The molecule has 41 heavy (non-hydrogen) atoms. The van der Waals surface area contributed by atoms with Crippen molar-refractivity contribution in [3.8, 4) is 0 Å². The first-order valence-electron chi connectivity index (χ1n) is 13.3. The minimum Gasteiger partial charge on any atom is -0.356 e. The normalized spacial score (nSPS) is 17.2. The number of unbranched alkanes of at least 4 members (excludes halogenated alkanes) is 1. The Balaban J connectivity index is 1.40. The predicted octanol–water partition coefficient (Wildman–Crippen LogP) is -1.22. The first-order chi connectivity index (χ1) is 19.6. The minimum atomic E-state index is -1.19. The van der Waals surface area contributed by atoms with Crippen LogP contribution in [0.25, 0.3) is 0 Å². The molecule has 15 heteroatoms. The highest BCUT2D eigenvalue weighted by molar-refractivity contribution is 6.13. The molecule has 0 aliphatic carbocycles. The second-order valence-corrected chi connectivity index (χ2v) is 9.49. The number of nitrogens with one attached hydrogen (secondary N) is 2. The van der Waals surface area contributed by atoms with Gasteiger partial charge in [-0.3, -0.25) is 48.2 Å². The molecule has 0 aromatic carbocycles. The molecule has 1 fully saturated rings. The standard InChI is InChI=1S/C26H31N5O10/c32-18(6-3-15-29-20(34)8-9-21(29)35)27-14-2-1-5-17(26(40)41-31-24(38)12-13-25(31)39)28-19(33)7-4-16-30-22(36)10-11-23(30)37/h8-11,17H,1-7,12-16H2,(H,27,32)(H,28,33)/t17-/m0/s1. The van der Waals surface area contributed by atoms with Crippen molar-refractivity contribution in [1.29, 1.82) is 0 Å². The number of nitrogens with zero attached hydrogens (tertiary/aromatic N) is 3. The highest BCUT2D eigenvalue weighted by Crippen LogP contribution is 2.14. The molecule has 3 aliphatic rings. The molecule has 15 nitrogen and oxygen atoms in total. The molecule has 0 radical (unpaired) electrons. The number of imide groups is 3. The number of amides is 8. The van der Waals surface area contributed by atoms with E-state index < -0.39 is 53.4 Å². The van der Waals surface area contributed by atoms with Gasteiger partial charge in [0.25, 0.3) is 35.4 Å². The molecular weight excluding hydrogens is 542 g/mol. The topological polar surface area (TPSA) is 197 Å². The lowest BCUT2D eigenvalue weighted by atomic mass is 10.1. The molecule has 1 atom stereocenters. The van der Waals surface area contributed by atoms with Gasteiger partial charge in [0.05, 0.1) is 0 Å². The van der Waals surface area contributed by atoms with Crippen LogP contribution in [0.3, 0.4) is 0 Å². The number of hydrogen-bond acceptors (Lipinski definition) is 10. The lowest BCUT2D eigenvalue weighted by Gasteiger charge is -2.20. The molecule has 8 amide bonds. The van der Waals surface area contributed by atoms with Crippen LogP contribution in [0.1, 0.15) is 57.8 Å². The van der Waals surface area contributed by atoms with Crippen LogP contribution in [0.4, 0.5) is 0 Å². The van der Waals surface area contributed by atoms with Crippen molar-refractivity contribution >= 4 is 53.2 Å². The Bertz CT molecular complexity index is 1140. The van der Waals surface area contributed by atoms with Crippen molar-refractivity contribution < 1.29 is 48.0 Å². The molecule has 0 unspecified atom stereocenters. The number of carbonyl (C=O) groups excluding carboxylic acids is 9. The van der Waals surface area contributed by atoms with Gasteiger partial charge in [-0.15, -0.1) is 5.06 Å². The molecular formula is C26H31N5O10. The summed E-state index contributed by atoms with van der Waals surface area (Å²) >= 11 is 0. The van der Waals surface area contributed by atoms with E-state index in [0.717, 1.165) is 22.0 Å². The van der Waals surface area contributed by atoms with E-state index in [-0.39, 0.29) is 64.1 Å². The third kappa shape index (κ3) is 8.91. The molecule has 0 aromatic rings. The molecule has 0 aromatic heterocycles. The van der Waals surface area contributed by atoms with E-state index in [2.05, 4.69) is 10.6 Å². The minimum absolute atomic E-state index is 0.0191. The van der Waals surface area contributed by atoms with Crippen LogP contribution in [-0.2, 0) is 48.0 Å². The van der Waals surface area contributed by atoms with Crippen LogP contribution in [0.2, 0.25) is 0 Å². The maximum atomic E-state index is 12.7. The van der Waals surface area contributed by atoms with Crippen molar-refractivity contribution in [2.75, 3.05) is 19.6 Å². The Morgan fingerprint density at radius 1 is 0.707 bits per heavy atom. The number of hydroxylamine groups is 2. The zero-order valence-electron chi connectivity index (χ0n) is 22.3. The molecule has 220 valence electrons. The third-order valence-corrected chi connectivity index (χ3v) is 6.42. The molecule has 3 rings (SSSR count). The molecule has 2 N–H and O–H groups in total.